The lowest BCUT2D eigenvalue weighted by Gasteiger charge is -2.23. The van der Waals surface area contributed by atoms with Crippen molar-refractivity contribution in [1.29, 1.82) is 0 Å². The second kappa shape index (κ2) is 10.2. The highest BCUT2D eigenvalue weighted by Gasteiger charge is 2.25. The molecule has 0 spiro atoms. The molecule has 0 saturated carbocycles. The lowest BCUT2D eigenvalue weighted by Crippen LogP contribution is -2.32. The quantitative estimate of drug-likeness (QED) is 0.544. The molecule has 176 valence electrons. The second-order valence-electron chi connectivity index (χ2n) is 8.53. The van der Waals surface area contributed by atoms with Gasteiger partial charge in [-0.15, -0.1) is 0 Å². The van der Waals surface area contributed by atoms with Gasteiger partial charge in [-0.05, 0) is 50.6 Å². The molecule has 0 radical (unpaired) electrons. The third-order valence-electron chi connectivity index (χ3n) is 5.84. The van der Waals surface area contributed by atoms with Gasteiger partial charge in [0, 0.05) is 24.8 Å². The Balaban J connectivity index is 1.54. The normalized spacial score (nSPS) is 17.1. The Labute approximate surface area is 193 Å². The summed E-state index contributed by atoms with van der Waals surface area (Å²) in [4.78, 5) is 15.7. The van der Waals surface area contributed by atoms with Crippen LogP contribution < -0.4 is 14.8 Å². The summed E-state index contributed by atoms with van der Waals surface area (Å²) in [5.41, 5.74) is 2.72. The summed E-state index contributed by atoms with van der Waals surface area (Å²) in [5, 5.41) is 3.24. The summed E-state index contributed by atoms with van der Waals surface area (Å²) in [6.07, 6.45) is 5.01. The van der Waals surface area contributed by atoms with Crippen LogP contribution in [0.2, 0.25) is 0 Å². The Kier molecular flexibility index (Phi) is 7.08. The van der Waals surface area contributed by atoms with Gasteiger partial charge in [0.05, 0.1) is 25.8 Å². The molecule has 2 unspecified atom stereocenters. The number of nitrogens with zero attached hydrogens (tertiary/aromatic N) is 5. The van der Waals surface area contributed by atoms with E-state index in [0.717, 1.165) is 36.5 Å². The maximum Gasteiger partial charge on any atom is 0.240 e. The largest absolute Gasteiger partial charge is 0.479 e. The number of hydrogen-bond acceptors (Lipinski definition) is 7. The van der Waals surface area contributed by atoms with Gasteiger partial charge in [-0.2, -0.15) is 9.97 Å². The van der Waals surface area contributed by atoms with E-state index >= 15 is 0 Å². The average Bonchev–Trinajstić information content (AvgIpc) is 3.17. The first-order valence-corrected chi connectivity index (χ1v) is 11.2. The van der Waals surface area contributed by atoms with Crippen LogP contribution in [-0.4, -0.2) is 57.9 Å². The molecular formula is C24H31FN6O2. The molecule has 1 aliphatic heterocycles. The van der Waals surface area contributed by atoms with Gasteiger partial charge in [0.25, 0.3) is 0 Å². The topological polar surface area (TPSA) is 77.3 Å². The van der Waals surface area contributed by atoms with Crippen LogP contribution in [0.3, 0.4) is 0 Å². The van der Waals surface area contributed by atoms with E-state index < -0.39 is 0 Å². The predicted octanol–water partition coefficient (Wildman–Crippen LogP) is 4.30. The summed E-state index contributed by atoms with van der Waals surface area (Å²) >= 11 is 0. The first-order chi connectivity index (χ1) is 16.0. The zero-order valence-corrected chi connectivity index (χ0v) is 19.6. The van der Waals surface area contributed by atoms with Crippen LogP contribution in [0.25, 0.3) is 5.69 Å². The fraction of sp³-hybridized carbons (Fsp3) is 0.458. The number of ether oxygens (including phenoxy) is 2. The minimum absolute atomic E-state index is 0.000668. The first-order valence-electron chi connectivity index (χ1n) is 11.2. The van der Waals surface area contributed by atoms with E-state index in [0.29, 0.717) is 29.8 Å². The van der Waals surface area contributed by atoms with E-state index in [1.165, 1.54) is 0 Å². The average molecular weight is 455 g/mol. The van der Waals surface area contributed by atoms with Crippen molar-refractivity contribution < 1.29 is 13.9 Å². The van der Waals surface area contributed by atoms with Gasteiger partial charge in [0.1, 0.15) is 23.4 Å². The number of methoxy groups -OCH3 is 1. The van der Waals surface area contributed by atoms with Gasteiger partial charge in [-0.25, -0.2) is 4.98 Å². The highest BCUT2D eigenvalue weighted by molar-refractivity contribution is 5.57. The van der Waals surface area contributed by atoms with Crippen LogP contribution in [0.5, 0.6) is 11.8 Å². The Bertz CT molecular complexity index is 1080. The number of imidazole rings is 1. The van der Waals surface area contributed by atoms with Crippen molar-refractivity contribution in [3.8, 4) is 17.4 Å². The molecule has 0 amide bonds. The number of likely N-dealkylation sites (N-methyl/N-ethyl adjacent to an activating group) is 1. The smallest absolute Gasteiger partial charge is 0.240 e. The van der Waals surface area contributed by atoms with Gasteiger partial charge in [0.2, 0.25) is 11.8 Å². The van der Waals surface area contributed by atoms with Crippen LogP contribution in [0.1, 0.15) is 31.0 Å². The highest BCUT2D eigenvalue weighted by atomic mass is 19.1. The number of aromatic nitrogens is 4. The van der Waals surface area contributed by atoms with Gasteiger partial charge < -0.3 is 19.4 Å². The third-order valence-corrected chi connectivity index (χ3v) is 5.84. The minimum atomic E-state index is -0.329. The zero-order valence-electron chi connectivity index (χ0n) is 19.6. The Hall–Kier alpha value is -3.20. The van der Waals surface area contributed by atoms with Gasteiger partial charge >= 0.3 is 0 Å². The van der Waals surface area contributed by atoms with E-state index in [1.807, 2.05) is 55.9 Å². The monoisotopic (exact) mass is 454 g/mol. The van der Waals surface area contributed by atoms with Crippen molar-refractivity contribution >= 4 is 11.6 Å². The maximum atomic E-state index is 13.3. The molecule has 0 fully saturated rings. The van der Waals surface area contributed by atoms with Gasteiger partial charge in [-0.1, -0.05) is 13.3 Å². The van der Waals surface area contributed by atoms with Crippen LogP contribution in [0.4, 0.5) is 16.0 Å². The minimum Gasteiger partial charge on any atom is -0.479 e. The third kappa shape index (κ3) is 5.42. The molecule has 1 aliphatic rings. The molecule has 2 atom stereocenters. The van der Waals surface area contributed by atoms with Crippen LogP contribution in [-0.2, 0) is 6.54 Å². The van der Waals surface area contributed by atoms with Crippen molar-refractivity contribution in [1.82, 2.24) is 24.4 Å². The van der Waals surface area contributed by atoms with E-state index in [1.54, 1.807) is 13.4 Å². The predicted molar refractivity (Wildman–Crippen MR) is 125 cm³/mol. The molecule has 33 heavy (non-hydrogen) atoms. The Morgan fingerprint density at radius 1 is 1.24 bits per heavy atom. The lowest BCUT2D eigenvalue weighted by molar-refractivity contribution is 0.123. The number of aryl methyl sites for hydroxylation is 1. The number of halogens is 1. The van der Waals surface area contributed by atoms with Crippen LogP contribution >= 0.6 is 0 Å². The van der Waals surface area contributed by atoms with E-state index in [9.17, 15) is 4.39 Å². The summed E-state index contributed by atoms with van der Waals surface area (Å²) < 4.78 is 26.9. The van der Waals surface area contributed by atoms with E-state index in [4.69, 9.17) is 14.5 Å². The molecule has 4 rings (SSSR count). The number of anilines is 2. The molecular weight excluding hydrogens is 423 g/mol. The molecule has 0 aliphatic carbocycles. The van der Waals surface area contributed by atoms with Crippen molar-refractivity contribution in [2.75, 3.05) is 32.7 Å². The summed E-state index contributed by atoms with van der Waals surface area (Å²) in [5.74, 6) is 2.28. The van der Waals surface area contributed by atoms with Crippen molar-refractivity contribution in [3.05, 3.63) is 48.0 Å². The second-order valence-corrected chi connectivity index (χ2v) is 8.53. The number of nitrogens with one attached hydrogen (secondary N) is 1. The van der Waals surface area contributed by atoms with Crippen molar-refractivity contribution in [2.45, 2.75) is 39.3 Å². The van der Waals surface area contributed by atoms with Crippen LogP contribution in [0, 0.1) is 12.8 Å². The fourth-order valence-electron chi connectivity index (χ4n) is 4.03. The number of hydrogen-bond donors (Lipinski definition) is 1. The molecule has 0 saturated heterocycles. The molecule has 3 aromatic heterocycles. The maximum absolute atomic E-state index is 13.3. The number of pyridine rings is 2. The summed E-state index contributed by atoms with van der Waals surface area (Å²) in [6, 6.07) is 7.71. The molecule has 4 heterocycles. The molecule has 0 aromatic carbocycles. The van der Waals surface area contributed by atoms with E-state index in [-0.39, 0.29) is 18.7 Å². The molecule has 8 nitrogen and oxygen atoms in total. The fourth-order valence-corrected chi connectivity index (χ4v) is 4.03. The molecule has 3 aromatic rings. The van der Waals surface area contributed by atoms with Crippen LogP contribution in [0.15, 0.2) is 36.8 Å². The summed E-state index contributed by atoms with van der Waals surface area (Å²) in [7, 11) is 3.64. The van der Waals surface area contributed by atoms with E-state index in [2.05, 4.69) is 20.2 Å². The van der Waals surface area contributed by atoms with Gasteiger partial charge in [0.15, 0.2) is 0 Å². The molecule has 1 N–H and O–H groups in total. The standard InChI is InChI=1S/C24H31FN6O2/c1-5-17(11-25)10-19-14-30(3)13-18-6-8-21(28-23(18)33-19)27-22-9-7-20(24(29-22)32-4)31-12-16(2)26-15-31/h6-9,12,15,17,19H,5,10-11,13-14H2,1-4H3,(H,27,28,29). The number of alkyl halides is 1. The Morgan fingerprint density at radius 2 is 2.03 bits per heavy atom. The molecule has 0 bridgehead atoms. The van der Waals surface area contributed by atoms with Crippen molar-refractivity contribution in [3.63, 3.8) is 0 Å². The number of fused-ring (bicyclic) bond motifs is 1. The van der Waals surface area contributed by atoms with Gasteiger partial charge in [-0.3, -0.25) is 9.29 Å². The first kappa shape index (κ1) is 23.0. The SMILES string of the molecule is CCC(CF)CC1CN(C)Cc2ccc(Nc3ccc(-n4cnc(C)c4)c(OC)n3)nc2O1. The molecule has 9 heteroatoms. The lowest BCUT2D eigenvalue weighted by atomic mass is 10.00. The number of rotatable bonds is 8. The Morgan fingerprint density at radius 3 is 2.73 bits per heavy atom. The summed E-state index contributed by atoms with van der Waals surface area (Å²) in [6.45, 7) is 5.09. The highest BCUT2D eigenvalue weighted by Crippen LogP contribution is 2.29. The van der Waals surface area contributed by atoms with Crippen molar-refractivity contribution in [2.24, 2.45) is 5.92 Å². The zero-order chi connectivity index (χ0) is 23.4.